The van der Waals surface area contributed by atoms with Crippen molar-refractivity contribution in [2.24, 2.45) is 11.1 Å². The SMILES string of the molecule is CC1(C(=O)OCC(=O)NC(N)=O)CC1(Cl)Cl. The van der Waals surface area contributed by atoms with E-state index in [0.717, 1.165) is 0 Å². The van der Waals surface area contributed by atoms with Gasteiger partial charge in [-0.05, 0) is 6.92 Å². The molecule has 8 heteroatoms. The van der Waals surface area contributed by atoms with Crippen molar-refractivity contribution in [1.29, 1.82) is 0 Å². The number of halogens is 2. The fraction of sp³-hybridized carbons (Fsp3) is 0.625. The highest BCUT2D eigenvalue weighted by Gasteiger charge is 2.69. The molecule has 0 saturated heterocycles. The lowest BCUT2D eigenvalue weighted by Gasteiger charge is -2.10. The Bertz CT molecular complexity index is 358. The smallest absolute Gasteiger partial charge is 0.318 e. The van der Waals surface area contributed by atoms with E-state index in [1.807, 2.05) is 0 Å². The highest BCUT2D eigenvalue weighted by molar-refractivity contribution is 6.53. The zero-order chi connectivity index (χ0) is 12.6. The van der Waals surface area contributed by atoms with Gasteiger partial charge >= 0.3 is 12.0 Å². The van der Waals surface area contributed by atoms with E-state index in [4.69, 9.17) is 23.2 Å². The van der Waals surface area contributed by atoms with Crippen molar-refractivity contribution < 1.29 is 19.1 Å². The summed E-state index contributed by atoms with van der Waals surface area (Å²) >= 11 is 11.5. The maximum absolute atomic E-state index is 11.4. The van der Waals surface area contributed by atoms with Gasteiger partial charge in [0.05, 0.1) is 0 Å². The van der Waals surface area contributed by atoms with Crippen molar-refractivity contribution >= 4 is 41.1 Å². The second kappa shape index (κ2) is 4.10. The lowest BCUT2D eigenvalue weighted by molar-refractivity contribution is -0.153. The molecule has 16 heavy (non-hydrogen) atoms. The molecule has 0 radical (unpaired) electrons. The lowest BCUT2D eigenvalue weighted by Crippen LogP contribution is -2.38. The van der Waals surface area contributed by atoms with Crippen LogP contribution in [0.1, 0.15) is 13.3 Å². The Hall–Kier alpha value is -1.01. The summed E-state index contributed by atoms with van der Waals surface area (Å²) in [5.41, 5.74) is 3.69. The first-order chi connectivity index (χ1) is 7.19. The van der Waals surface area contributed by atoms with Gasteiger partial charge in [0.25, 0.3) is 5.91 Å². The molecule has 6 nitrogen and oxygen atoms in total. The summed E-state index contributed by atoms with van der Waals surface area (Å²) in [5.74, 6) is -1.49. The quantitative estimate of drug-likeness (QED) is 0.569. The highest BCUT2D eigenvalue weighted by Crippen LogP contribution is 2.64. The molecule has 0 heterocycles. The Morgan fingerprint density at radius 2 is 1.94 bits per heavy atom. The molecular formula is C8H10Cl2N2O4. The number of carbonyl (C=O) groups is 3. The summed E-state index contributed by atoms with van der Waals surface area (Å²) in [4.78, 5) is 32.6. The molecule has 0 aliphatic heterocycles. The fourth-order valence-corrected chi connectivity index (χ4v) is 1.77. The first kappa shape index (κ1) is 13.1. The van der Waals surface area contributed by atoms with Crippen LogP contribution in [0.15, 0.2) is 0 Å². The van der Waals surface area contributed by atoms with Crippen molar-refractivity contribution in [3.05, 3.63) is 0 Å². The van der Waals surface area contributed by atoms with Crippen molar-refractivity contribution in [2.45, 2.75) is 17.7 Å². The van der Waals surface area contributed by atoms with E-state index in [1.165, 1.54) is 6.92 Å². The summed E-state index contributed by atoms with van der Waals surface area (Å²) in [6.45, 7) is 0.933. The van der Waals surface area contributed by atoms with E-state index in [9.17, 15) is 14.4 Å². The van der Waals surface area contributed by atoms with Gasteiger partial charge < -0.3 is 10.5 Å². The molecule has 1 atom stereocenters. The van der Waals surface area contributed by atoms with Crippen LogP contribution in [0.5, 0.6) is 0 Å². The topological polar surface area (TPSA) is 98.5 Å². The Balaban J connectivity index is 2.38. The van der Waals surface area contributed by atoms with Gasteiger partial charge in [0, 0.05) is 6.42 Å². The van der Waals surface area contributed by atoms with Gasteiger partial charge in [0.1, 0.15) is 9.75 Å². The number of rotatable bonds is 3. The van der Waals surface area contributed by atoms with Gasteiger partial charge in [-0.3, -0.25) is 14.9 Å². The summed E-state index contributed by atoms with van der Waals surface area (Å²) in [5, 5.41) is 1.75. The number of imide groups is 1. The second-order valence-electron chi connectivity index (χ2n) is 3.70. The largest absolute Gasteiger partial charge is 0.455 e. The maximum atomic E-state index is 11.4. The van der Waals surface area contributed by atoms with Crippen LogP contribution in [0, 0.1) is 5.41 Å². The zero-order valence-electron chi connectivity index (χ0n) is 8.38. The Kier molecular flexibility index (Phi) is 3.35. The number of hydrogen-bond acceptors (Lipinski definition) is 4. The van der Waals surface area contributed by atoms with Gasteiger partial charge in [0.15, 0.2) is 6.61 Å². The molecule has 1 fully saturated rings. The number of amides is 3. The molecule has 90 valence electrons. The molecule has 0 spiro atoms. The van der Waals surface area contributed by atoms with E-state index in [-0.39, 0.29) is 6.42 Å². The molecule has 1 unspecified atom stereocenters. The minimum atomic E-state index is -1.15. The number of nitrogens with two attached hydrogens (primary N) is 1. The molecule has 0 aromatic carbocycles. The van der Waals surface area contributed by atoms with Crippen molar-refractivity contribution in [2.75, 3.05) is 6.61 Å². The maximum Gasteiger partial charge on any atom is 0.318 e. The molecule has 1 aliphatic carbocycles. The predicted molar refractivity (Wildman–Crippen MR) is 55.8 cm³/mol. The standard InChI is InChI=1S/C8H10Cl2N2O4/c1-7(3-8(7,9)10)5(14)16-2-4(13)12-6(11)15/h2-3H2,1H3,(H3,11,12,13,15). The van der Waals surface area contributed by atoms with E-state index in [1.54, 1.807) is 5.32 Å². The molecule has 1 rings (SSSR count). The average Bonchev–Trinajstić information content (AvgIpc) is 2.62. The van der Waals surface area contributed by atoms with Crippen LogP contribution >= 0.6 is 23.2 Å². The summed E-state index contributed by atoms with van der Waals surface area (Å²) in [6.07, 6.45) is 0.263. The van der Waals surface area contributed by atoms with Crippen LogP contribution in [0.2, 0.25) is 0 Å². The average molecular weight is 269 g/mol. The summed E-state index contributed by atoms with van der Waals surface area (Å²) < 4.78 is 3.49. The van der Waals surface area contributed by atoms with Crippen LogP contribution in [0.25, 0.3) is 0 Å². The van der Waals surface area contributed by atoms with E-state index in [0.29, 0.717) is 0 Å². The number of carbonyl (C=O) groups excluding carboxylic acids is 3. The molecule has 1 saturated carbocycles. The fourth-order valence-electron chi connectivity index (χ4n) is 1.09. The molecular weight excluding hydrogens is 259 g/mol. The van der Waals surface area contributed by atoms with E-state index in [2.05, 4.69) is 10.5 Å². The van der Waals surface area contributed by atoms with Gasteiger partial charge in [-0.1, -0.05) is 0 Å². The molecule has 3 N–H and O–H groups in total. The second-order valence-corrected chi connectivity index (χ2v) is 5.19. The van der Waals surface area contributed by atoms with Crippen LogP contribution in [-0.4, -0.2) is 28.8 Å². The highest BCUT2D eigenvalue weighted by atomic mass is 35.5. The first-order valence-corrected chi connectivity index (χ1v) is 5.09. The minimum absolute atomic E-state index is 0.263. The van der Waals surface area contributed by atoms with E-state index >= 15 is 0 Å². The Labute approximate surface area is 101 Å². The monoisotopic (exact) mass is 268 g/mol. The number of hydrogen-bond donors (Lipinski definition) is 2. The third-order valence-electron chi connectivity index (χ3n) is 2.31. The predicted octanol–water partition coefficient (Wildman–Crippen LogP) is 0.308. The molecule has 3 amide bonds. The minimum Gasteiger partial charge on any atom is -0.455 e. The van der Waals surface area contributed by atoms with Crippen molar-refractivity contribution in [3.63, 3.8) is 0 Å². The number of primary amides is 1. The lowest BCUT2D eigenvalue weighted by atomic mass is 10.1. The van der Waals surface area contributed by atoms with Gasteiger partial charge in [-0.2, -0.15) is 0 Å². The van der Waals surface area contributed by atoms with Gasteiger partial charge in [-0.25, -0.2) is 4.79 Å². The molecule has 0 aromatic rings. The summed E-state index contributed by atoms with van der Waals surface area (Å²) in [7, 11) is 0. The number of urea groups is 1. The number of esters is 1. The van der Waals surface area contributed by atoms with Crippen molar-refractivity contribution in [3.8, 4) is 0 Å². The van der Waals surface area contributed by atoms with Crippen LogP contribution in [-0.2, 0) is 14.3 Å². The third kappa shape index (κ3) is 2.56. The van der Waals surface area contributed by atoms with Crippen LogP contribution in [0.4, 0.5) is 4.79 Å². The third-order valence-corrected chi connectivity index (χ3v) is 3.41. The van der Waals surface area contributed by atoms with Gasteiger partial charge in [0.2, 0.25) is 0 Å². The Morgan fingerprint density at radius 3 is 2.31 bits per heavy atom. The number of nitrogens with one attached hydrogen (secondary N) is 1. The first-order valence-electron chi connectivity index (χ1n) is 4.33. The number of alkyl halides is 2. The molecule has 0 bridgehead atoms. The molecule has 0 aromatic heterocycles. The van der Waals surface area contributed by atoms with Crippen LogP contribution in [0.3, 0.4) is 0 Å². The van der Waals surface area contributed by atoms with Crippen molar-refractivity contribution in [1.82, 2.24) is 5.32 Å². The summed E-state index contributed by atoms with van der Waals surface area (Å²) in [6, 6.07) is -1.01. The van der Waals surface area contributed by atoms with Crippen LogP contribution < -0.4 is 11.1 Å². The molecule has 1 aliphatic rings. The zero-order valence-corrected chi connectivity index (χ0v) is 9.89. The number of ether oxygens (including phenoxy) is 1. The van der Waals surface area contributed by atoms with E-state index < -0.39 is 34.3 Å². The van der Waals surface area contributed by atoms with Gasteiger partial charge in [-0.15, -0.1) is 23.2 Å². The Morgan fingerprint density at radius 1 is 1.44 bits per heavy atom. The normalized spacial score (nSPS) is 25.7.